The van der Waals surface area contributed by atoms with Gasteiger partial charge in [-0.25, -0.2) is 4.98 Å². The molecule has 7 nitrogen and oxygen atoms in total. The third-order valence-corrected chi connectivity index (χ3v) is 7.31. The van der Waals surface area contributed by atoms with Gasteiger partial charge in [0.25, 0.3) is 0 Å². The zero-order chi connectivity index (χ0) is 25.4. The highest BCUT2D eigenvalue weighted by molar-refractivity contribution is 6.02. The van der Waals surface area contributed by atoms with Crippen LogP contribution in [-0.4, -0.2) is 25.8 Å². The van der Waals surface area contributed by atoms with Crippen molar-refractivity contribution in [2.75, 3.05) is 5.73 Å². The minimum Gasteiger partial charge on any atom is -0.487 e. The predicted octanol–water partition coefficient (Wildman–Crippen LogP) is 5.84. The summed E-state index contributed by atoms with van der Waals surface area (Å²) in [5, 5.41) is 17.3. The summed E-state index contributed by atoms with van der Waals surface area (Å²) in [7, 11) is 0. The Morgan fingerprint density at radius 1 is 1.03 bits per heavy atom. The quantitative estimate of drug-likeness (QED) is 0.282. The number of rotatable bonds is 8. The topological polar surface area (TPSA) is 103 Å². The van der Waals surface area contributed by atoms with Crippen molar-refractivity contribution in [1.82, 2.24) is 14.8 Å². The summed E-state index contributed by atoms with van der Waals surface area (Å²) < 4.78 is 8.27. The van der Waals surface area contributed by atoms with Crippen LogP contribution in [-0.2, 0) is 24.4 Å². The van der Waals surface area contributed by atoms with Crippen LogP contribution in [0.4, 0.5) is 5.82 Å². The maximum Gasteiger partial charge on any atom is 0.307 e. The van der Waals surface area contributed by atoms with E-state index in [-0.39, 0.29) is 13.0 Å². The van der Waals surface area contributed by atoms with Crippen LogP contribution in [0, 0.1) is 5.92 Å². The van der Waals surface area contributed by atoms with Crippen LogP contribution >= 0.6 is 0 Å². The van der Waals surface area contributed by atoms with Gasteiger partial charge in [0.1, 0.15) is 23.9 Å². The van der Waals surface area contributed by atoms with E-state index in [4.69, 9.17) is 15.6 Å². The molecule has 0 radical (unpaired) electrons. The third-order valence-electron chi connectivity index (χ3n) is 7.31. The fraction of sp³-hybridized carbons (Fsp3) is 0.233. The molecule has 0 amide bonds. The maximum atomic E-state index is 11.3. The zero-order valence-corrected chi connectivity index (χ0v) is 20.4. The molecule has 1 aliphatic rings. The molecule has 1 aliphatic carbocycles. The van der Waals surface area contributed by atoms with Crippen LogP contribution in [0.5, 0.6) is 5.75 Å². The Labute approximate surface area is 214 Å². The van der Waals surface area contributed by atoms with Gasteiger partial charge in [0.2, 0.25) is 0 Å². The number of carbonyl (C=O) groups is 1. The number of ether oxygens (including phenoxy) is 1. The third kappa shape index (κ3) is 4.48. The number of hydrogen-bond donors (Lipinski definition) is 2. The molecule has 37 heavy (non-hydrogen) atoms. The van der Waals surface area contributed by atoms with E-state index in [1.54, 1.807) is 12.3 Å². The van der Waals surface area contributed by atoms with E-state index in [9.17, 15) is 9.90 Å². The van der Waals surface area contributed by atoms with Crippen LogP contribution in [0.1, 0.15) is 30.5 Å². The van der Waals surface area contributed by atoms with Crippen molar-refractivity contribution in [2.45, 2.75) is 38.8 Å². The molecule has 0 saturated heterocycles. The number of carboxylic acids is 1. The molecule has 1 saturated carbocycles. The first-order valence-electron chi connectivity index (χ1n) is 12.6. The van der Waals surface area contributed by atoms with Crippen molar-refractivity contribution >= 4 is 33.5 Å². The van der Waals surface area contributed by atoms with Gasteiger partial charge in [-0.3, -0.25) is 9.48 Å². The molecule has 6 rings (SSSR count). The van der Waals surface area contributed by atoms with Crippen molar-refractivity contribution in [3.63, 3.8) is 0 Å². The average molecular weight is 493 g/mol. The van der Waals surface area contributed by atoms with E-state index < -0.39 is 5.97 Å². The minimum absolute atomic E-state index is 0.0870. The fourth-order valence-electron chi connectivity index (χ4n) is 5.16. The maximum absolute atomic E-state index is 11.3. The molecule has 0 aliphatic heterocycles. The Bertz CT molecular complexity index is 1620. The van der Waals surface area contributed by atoms with Crippen LogP contribution < -0.4 is 10.5 Å². The van der Waals surface area contributed by atoms with E-state index in [1.807, 2.05) is 36.4 Å². The second-order valence-electron chi connectivity index (χ2n) is 9.72. The molecular weight excluding hydrogens is 464 g/mol. The van der Waals surface area contributed by atoms with Gasteiger partial charge < -0.3 is 15.6 Å². The smallest absolute Gasteiger partial charge is 0.307 e. The lowest BCUT2D eigenvalue weighted by molar-refractivity contribution is -0.136. The summed E-state index contributed by atoms with van der Waals surface area (Å²) in [6.07, 6.45) is 5.41. The molecule has 3 aromatic carbocycles. The largest absolute Gasteiger partial charge is 0.487 e. The van der Waals surface area contributed by atoms with Crippen molar-refractivity contribution in [3.05, 3.63) is 84.2 Å². The molecule has 1 fully saturated rings. The van der Waals surface area contributed by atoms with Gasteiger partial charge in [0.05, 0.1) is 11.9 Å². The normalized spacial score (nSPS) is 13.6. The van der Waals surface area contributed by atoms with E-state index in [2.05, 4.69) is 33.9 Å². The Morgan fingerprint density at radius 2 is 1.89 bits per heavy atom. The van der Waals surface area contributed by atoms with Crippen LogP contribution in [0.3, 0.4) is 0 Å². The molecule has 2 heterocycles. The minimum atomic E-state index is -0.887. The number of nitrogen functional groups attached to an aromatic ring is 1. The van der Waals surface area contributed by atoms with E-state index >= 15 is 0 Å². The van der Waals surface area contributed by atoms with Crippen molar-refractivity contribution in [1.29, 1.82) is 0 Å². The molecule has 5 aromatic rings. The zero-order valence-electron chi connectivity index (χ0n) is 20.4. The van der Waals surface area contributed by atoms with E-state index in [1.165, 1.54) is 19.3 Å². The Hall–Kier alpha value is -4.39. The van der Waals surface area contributed by atoms with Gasteiger partial charge in [0, 0.05) is 29.1 Å². The van der Waals surface area contributed by atoms with Gasteiger partial charge in [-0.15, -0.1) is 0 Å². The number of nitrogens with two attached hydrogens (primary N) is 1. The van der Waals surface area contributed by atoms with Gasteiger partial charge in [0.15, 0.2) is 0 Å². The molecule has 0 unspecified atom stereocenters. The first kappa shape index (κ1) is 23.0. The van der Waals surface area contributed by atoms with Crippen molar-refractivity contribution < 1.29 is 14.6 Å². The number of anilines is 1. The van der Waals surface area contributed by atoms with Crippen LogP contribution in [0.25, 0.3) is 32.8 Å². The van der Waals surface area contributed by atoms with Crippen LogP contribution in [0.2, 0.25) is 0 Å². The average Bonchev–Trinajstić information content (AvgIpc) is 3.22. The van der Waals surface area contributed by atoms with Gasteiger partial charge in [-0.1, -0.05) is 48.9 Å². The molecule has 186 valence electrons. The van der Waals surface area contributed by atoms with Gasteiger partial charge in [-0.05, 0) is 59.5 Å². The Kier molecular flexibility index (Phi) is 5.96. The van der Waals surface area contributed by atoms with E-state index in [0.29, 0.717) is 23.0 Å². The number of aliphatic carboxylic acids is 1. The molecular formula is C30H28N4O3. The molecule has 3 N–H and O–H groups in total. The van der Waals surface area contributed by atoms with Gasteiger partial charge >= 0.3 is 5.97 Å². The summed E-state index contributed by atoms with van der Waals surface area (Å²) in [5.41, 5.74) is 10.9. The van der Waals surface area contributed by atoms with Gasteiger partial charge in [-0.2, -0.15) is 5.10 Å². The van der Waals surface area contributed by atoms with Crippen molar-refractivity contribution in [2.24, 2.45) is 5.92 Å². The van der Waals surface area contributed by atoms with E-state index in [0.717, 1.165) is 45.0 Å². The lowest BCUT2D eigenvalue weighted by Crippen LogP contribution is -2.18. The number of para-hydroxylation sites is 1. The summed E-state index contributed by atoms with van der Waals surface area (Å²) in [4.78, 5) is 15.6. The summed E-state index contributed by atoms with van der Waals surface area (Å²) in [5.74, 6) is 0.853. The monoisotopic (exact) mass is 492 g/mol. The lowest BCUT2D eigenvalue weighted by Gasteiger charge is -2.25. The summed E-state index contributed by atoms with van der Waals surface area (Å²) >= 11 is 0. The number of nitrogens with zero attached hydrogens (tertiary/aromatic N) is 3. The Balaban J connectivity index is 1.41. The number of benzene rings is 3. The molecule has 7 heteroatoms. The fourth-order valence-corrected chi connectivity index (χ4v) is 5.16. The lowest BCUT2D eigenvalue weighted by atomic mass is 9.85. The second kappa shape index (κ2) is 9.58. The first-order chi connectivity index (χ1) is 18.1. The first-order valence-corrected chi connectivity index (χ1v) is 12.6. The number of pyridine rings is 1. The number of aromatic nitrogens is 3. The SMILES string of the molecule is Nc1nccc2c(-c3ccc4c(c3)c(COc3ccccc3CC(=O)O)nn4CC3CCC3)cccc12. The standard InChI is InChI=1S/C30H28N4O3/c31-30-24-9-4-8-22(23(24)13-14-32-30)20-11-12-27-25(15-20)26(33-34(27)17-19-5-3-6-19)18-37-28-10-2-1-7-21(28)16-29(35)36/h1-2,4,7-15,19H,3,5-6,16-18H2,(H2,31,32)(H,35,36). The number of hydrogen-bond acceptors (Lipinski definition) is 5. The van der Waals surface area contributed by atoms with Crippen molar-refractivity contribution in [3.8, 4) is 16.9 Å². The second-order valence-corrected chi connectivity index (χ2v) is 9.72. The number of carboxylic acid groups (broad SMARTS) is 1. The highest BCUT2D eigenvalue weighted by Gasteiger charge is 2.21. The molecule has 0 bridgehead atoms. The summed E-state index contributed by atoms with van der Waals surface area (Å²) in [6.45, 7) is 1.14. The predicted molar refractivity (Wildman–Crippen MR) is 144 cm³/mol. The van der Waals surface area contributed by atoms with Crippen LogP contribution in [0.15, 0.2) is 72.9 Å². The summed E-state index contributed by atoms with van der Waals surface area (Å²) in [6, 6.07) is 21.8. The molecule has 0 spiro atoms. The molecule has 0 atom stereocenters. The highest BCUT2D eigenvalue weighted by Crippen LogP contribution is 2.35. The molecule has 2 aromatic heterocycles. The highest BCUT2D eigenvalue weighted by atomic mass is 16.5. The number of fused-ring (bicyclic) bond motifs is 2. The Morgan fingerprint density at radius 3 is 2.70 bits per heavy atom.